The van der Waals surface area contributed by atoms with E-state index >= 15 is 0 Å². The Hall–Kier alpha value is -3.49. The lowest BCUT2D eigenvalue weighted by molar-refractivity contribution is 0.0118. The molecule has 1 aliphatic heterocycles. The highest BCUT2D eigenvalue weighted by molar-refractivity contribution is 5.88. The number of imidazole rings is 1. The molecule has 1 N–H and O–H groups in total. The molecule has 8 nitrogen and oxygen atoms in total. The number of carbonyl (C=O) groups excluding carboxylic acids is 1. The maximum Gasteiger partial charge on any atom is 0.410 e. The van der Waals surface area contributed by atoms with Gasteiger partial charge in [-0.15, -0.1) is 0 Å². The number of hydrogen-bond acceptors (Lipinski definition) is 6. The van der Waals surface area contributed by atoms with Crippen LogP contribution < -0.4 is 0 Å². The molecule has 1 saturated heterocycles. The van der Waals surface area contributed by atoms with Crippen molar-refractivity contribution in [2.24, 2.45) is 7.05 Å². The van der Waals surface area contributed by atoms with Crippen LogP contribution in [0.3, 0.4) is 0 Å². The van der Waals surface area contributed by atoms with Crippen molar-refractivity contribution in [3.05, 3.63) is 83.2 Å². The summed E-state index contributed by atoms with van der Waals surface area (Å²) in [4.78, 5) is 25.8. The molecule has 1 aliphatic carbocycles. The number of aromatic nitrogens is 3. The highest BCUT2D eigenvalue weighted by Crippen LogP contribution is 2.43. The van der Waals surface area contributed by atoms with E-state index in [-0.39, 0.29) is 12.1 Å². The topological polar surface area (TPSA) is 83.7 Å². The molecular formula is C28H33N5O3. The Morgan fingerprint density at radius 1 is 1.11 bits per heavy atom. The van der Waals surface area contributed by atoms with Crippen molar-refractivity contribution < 1.29 is 14.6 Å². The van der Waals surface area contributed by atoms with Gasteiger partial charge in [0.2, 0.25) is 0 Å². The monoisotopic (exact) mass is 487 g/mol. The second-order valence-electron chi connectivity index (χ2n) is 10.4. The zero-order chi connectivity index (χ0) is 25.4. The van der Waals surface area contributed by atoms with E-state index in [0.29, 0.717) is 26.2 Å². The van der Waals surface area contributed by atoms with Crippen LogP contribution in [0.5, 0.6) is 0 Å². The van der Waals surface area contributed by atoms with Crippen LogP contribution in [0.25, 0.3) is 11.6 Å². The number of aryl methyl sites for hydroxylation is 1. The molecule has 0 bridgehead atoms. The van der Waals surface area contributed by atoms with E-state index in [1.54, 1.807) is 17.4 Å². The molecule has 0 radical (unpaired) electrons. The van der Waals surface area contributed by atoms with E-state index in [0.717, 1.165) is 33.7 Å². The lowest BCUT2D eigenvalue weighted by atomic mass is 9.91. The van der Waals surface area contributed by atoms with Gasteiger partial charge in [-0.2, -0.15) is 0 Å². The molecule has 188 valence electrons. The van der Waals surface area contributed by atoms with Crippen LogP contribution in [0, 0.1) is 0 Å². The number of pyridine rings is 1. The highest BCUT2D eigenvalue weighted by Gasteiger charge is 2.35. The van der Waals surface area contributed by atoms with E-state index in [4.69, 9.17) is 9.72 Å². The Morgan fingerprint density at radius 2 is 1.86 bits per heavy atom. The molecule has 3 heterocycles. The van der Waals surface area contributed by atoms with E-state index in [1.165, 1.54) is 0 Å². The number of carbonyl (C=O) groups is 1. The summed E-state index contributed by atoms with van der Waals surface area (Å²) < 4.78 is 7.43. The summed E-state index contributed by atoms with van der Waals surface area (Å²) in [6, 6.07) is 12.1. The van der Waals surface area contributed by atoms with Gasteiger partial charge < -0.3 is 19.3 Å². The predicted molar refractivity (Wildman–Crippen MR) is 138 cm³/mol. The van der Waals surface area contributed by atoms with Gasteiger partial charge in [0.05, 0.1) is 30.0 Å². The van der Waals surface area contributed by atoms with Crippen LogP contribution in [0.2, 0.25) is 0 Å². The Bertz CT molecular complexity index is 1280. The fourth-order valence-electron chi connectivity index (χ4n) is 5.05. The van der Waals surface area contributed by atoms with Crippen LogP contribution in [0.4, 0.5) is 4.79 Å². The maximum atomic E-state index is 12.6. The smallest absolute Gasteiger partial charge is 0.410 e. The van der Waals surface area contributed by atoms with Gasteiger partial charge in [-0.25, -0.2) is 9.78 Å². The van der Waals surface area contributed by atoms with Crippen LogP contribution in [0.15, 0.2) is 55.1 Å². The number of aliphatic hydroxyl groups excluding tert-OH is 1. The summed E-state index contributed by atoms with van der Waals surface area (Å²) in [6.45, 7) is 8.19. The van der Waals surface area contributed by atoms with Crippen molar-refractivity contribution in [1.82, 2.24) is 24.3 Å². The molecule has 1 amide bonds. The molecule has 8 heteroatoms. The van der Waals surface area contributed by atoms with Crippen molar-refractivity contribution in [2.45, 2.75) is 38.5 Å². The van der Waals surface area contributed by atoms with Crippen molar-refractivity contribution in [1.29, 1.82) is 0 Å². The first-order chi connectivity index (χ1) is 17.2. The quantitative estimate of drug-likeness (QED) is 0.600. The first-order valence-electron chi connectivity index (χ1n) is 12.3. The molecule has 3 aromatic rings. The highest BCUT2D eigenvalue weighted by atomic mass is 16.6. The molecule has 5 rings (SSSR count). The van der Waals surface area contributed by atoms with E-state index < -0.39 is 11.7 Å². The lowest BCUT2D eigenvalue weighted by Crippen LogP contribution is -2.51. The molecule has 2 aliphatic rings. The molecule has 0 saturated carbocycles. The first kappa shape index (κ1) is 24.2. The third kappa shape index (κ3) is 4.66. The molecule has 36 heavy (non-hydrogen) atoms. The van der Waals surface area contributed by atoms with Gasteiger partial charge in [0, 0.05) is 39.4 Å². The Kier molecular flexibility index (Phi) is 6.40. The Morgan fingerprint density at radius 3 is 2.56 bits per heavy atom. The molecular weight excluding hydrogens is 454 g/mol. The fraction of sp³-hybridized carbons (Fsp3) is 0.393. The molecule has 2 aromatic heterocycles. The van der Waals surface area contributed by atoms with Gasteiger partial charge in [0.25, 0.3) is 0 Å². The normalized spacial score (nSPS) is 19.1. The molecule has 1 unspecified atom stereocenters. The third-order valence-corrected chi connectivity index (χ3v) is 6.77. The van der Waals surface area contributed by atoms with Gasteiger partial charge in [-0.05, 0) is 55.2 Å². The van der Waals surface area contributed by atoms with E-state index in [9.17, 15) is 9.90 Å². The fourth-order valence-corrected chi connectivity index (χ4v) is 5.05. The molecule has 1 aromatic carbocycles. The summed E-state index contributed by atoms with van der Waals surface area (Å²) in [5.41, 5.74) is 5.03. The van der Waals surface area contributed by atoms with E-state index in [1.807, 2.05) is 62.8 Å². The van der Waals surface area contributed by atoms with Gasteiger partial charge >= 0.3 is 6.09 Å². The summed E-state index contributed by atoms with van der Waals surface area (Å²) >= 11 is 0. The summed E-state index contributed by atoms with van der Waals surface area (Å²) in [7, 11) is 1.89. The van der Waals surface area contributed by atoms with Gasteiger partial charge in [0.15, 0.2) is 0 Å². The maximum absolute atomic E-state index is 12.6. The molecule has 0 spiro atoms. The number of piperazine rings is 1. The van der Waals surface area contributed by atoms with Crippen molar-refractivity contribution in [3.63, 3.8) is 0 Å². The number of ether oxygens (including phenoxy) is 1. The van der Waals surface area contributed by atoms with Gasteiger partial charge in [0.1, 0.15) is 11.7 Å². The molecule has 2 atom stereocenters. The standard InChI is InChI=1S/C28H33N5O3/c1-28(2,3)36-27(35)33-14-12-32(13-15-33)25-21-10-6-5-9-20(21)22(16-19-8-7-11-30-24(19)25)26(34)23-17-29-18-31(23)4/h5-11,16-18,25-26,34H,12-15H2,1-4H3/t25-,26?/m0/s1. The Balaban J connectivity index is 1.51. The second-order valence-corrected chi connectivity index (χ2v) is 10.4. The second kappa shape index (κ2) is 9.52. The number of nitrogens with zero attached hydrogens (tertiary/aromatic N) is 5. The van der Waals surface area contributed by atoms with Crippen LogP contribution in [0.1, 0.15) is 61.0 Å². The van der Waals surface area contributed by atoms with Gasteiger partial charge in [-0.1, -0.05) is 30.3 Å². The minimum Gasteiger partial charge on any atom is -0.444 e. The SMILES string of the molecule is Cn1cncc1C(O)C1=Cc2cccnc2[C@@H](N2CCN(C(=O)OC(C)(C)C)CC2)c2ccccc21. The minimum absolute atomic E-state index is 0.106. The van der Waals surface area contributed by atoms with Crippen molar-refractivity contribution in [3.8, 4) is 0 Å². The van der Waals surface area contributed by atoms with E-state index in [2.05, 4.69) is 28.1 Å². The number of hydrogen-bond donors (Lipinski definition) is 1. The van der Waals surface area contributed by atoms with Crippen LogP contribution in [-0.4, -0.2) is 67.3 Å². The summed E-state index contributed by atoms with van der Waals surface area (Å²) in [6.07, 6.45) is 6.16. The first-order valence-corrected chi connectivity index (χ1v) is 12.3. The van der Waals surface area contributed by atoms with Crippen molar-refractivity contribution in [2.75, 3.05) is 26.2 Å². The number of benzene rings is 1. The number of amides is 1. The average molecular weight is 488 g/mol. The summed E-state index contributed by atoms with van der Waals surface area (Å²) in [5.74, 6) is 0. The lowest BCUT2D eigenvalue weighted by Gasteiger charge is -2.40. The largest absolute Gasteiger partial charge is 0.444 e. The Labute approximate surface area is 211 Å². The number of rotatable bonds is 3. The number of fused-ring (bicyclic) bond motifs is 2. The zero-order valence-corrected chi connectivity index (χ0v) is 21.3. The minimum atomic E-state index is -0.838. The van der Waals surface area contributed by atoms with Crippen LogP contribution >= 0.6 is 0 Å². The average Bonchev–Trinajstić information content (AvgIpc) is 3.22. The third-order valence-electron chi connectivity index (χ3n) is 6.77. The number of aliphatic hydroxyl groups is 1. The van der Waals surface area contributed by atoms with Gasteiger partial charge in [-0.3, -0.25) is 9.88 Å². The zero-order valence-electron chi connectivity index (χ0n) is 21.3. The summed E-state index contributed by atoms with van der Waals surface area (Å²) in [5, 5.41) is 11.5. The van der Waals surface area contributed by atoms with Crippen molar-refractivity contribution >= 4 is 17.7 Å². The predicted octanol–water partition coefficient (Wildman–Crippen LogP) is 4.04. The van der Waals surface area contributed by atoms with Crippen LogP contribution in [-0.2, 0) is 11.8 Å². The molecule has 1 fully saturated rings.